The summed E-state index contributed by atoms with van der Waals surface area (Å²) < 4.78 is 0. The lowest BCUT2D eigenvalue weighted by atomic mass is 10.1. The Morgan fingerprint density at radius 1 is 1.44 bits per heavy atom. The summed E-state index contributed by atoms with van der Waals surface area (Å²) in [5, 5.41) is 0. The molecular formula is C9H14. The van der Waals surface area contributed by atoms with E-state index in [0.717, 1.165) is 12.3 Å². The molecule has 0 amide bonds. The van der Waals surface area contributed by atoms with Crippen LogP contribution in [0.1, 0.15) is 26.7 Å². The summed E-state index contributed by atoms with van der Waals surface area (Å²) in [6.45, 7) is 4.46. The third-order valence-corrected chi connectivity index (χ3v) is 1.68. The minimum atomic E-state index is 0.753. The van der Waals surface area contributed by atoms with E-state index in [2.05, 4.69) is 32.1 Å². The standard InChI is InChI=1S/C9H14/c1-8-5-3-4-6-9(2)7-8/h3-4,7-8H,5-6H2,1-2H3. The first-order valence-electron chi connectivity index (χ1n) is 3.61. The molecule has 0 aromatic carbocycles. The highest BCUT2D eigenvalue weighted by molar-refractivity contribution is 5.10. The van der Waals surface area contributed by atoms with Crippen LogP contribution in [0.25, 0.3) is 0 Å². The van der Waals surface area contributed by atoms with Gasteiger partial charge >= 0.3 is 0 Å². The van der Waals surface area contributed by atoms with Crippen molar-refractivity contribution in [3.05, 3.63) is 23.8 Å². The predicted octanol–water partition coefficient (Wildman–Crippen LogP) is 2.92. The van der Waals surface area contributed by atoms with Gasteiger partial charge in [-0.3, -0.25) is 0 Å². The number of hydrogen-bond acceptors (Lipinski definition) is 0. The molecule has 1 rings (SSSR count). The molecule has 0 bridgehead atoms. The minimum Gasteiger partial charge on any atom is -0.0876 e. The SMILES string of the molecule is CC1=CC(C)CC=CC1. The van der Waals surface area contributed by atoms with Gasteiger partial charge < -0.3 is 0 Å². The molecular weight excluding hydrogens is 108 g/mol. The van der Waals surface area contributed by atoms with Crippen LogP contribution in [-0.2, 0) is 0 Å². The van der Waals surface area contributed by atoms with E-state index < -0.39 is 0 Å². The van der Waals surface area contributed by atoms with Crippen molar-refractivity contribution in [1.82, 2.24) is 0 Å². The third-order valence-electron chi connectivity index (χ3n) is 1.68. The maximum Gasteiger partial charge on any atom is -0.0141 e. The average Bonchev–Trinajstić information content (AvgIpc) is 1.93. The molecule has 9 heavy (non-hydrogen) atoms. The first-order chi connectivity index (χ1) is 4.29. The third kappa shape index (κ3) is 2.05. The maximum atomic E-state index is 2.36. The van der Waals surface area contributed by atoms with Crippen molar-refractivity contribution in [2.45, 2.75) is 26.7 Å². The summed E-state index contributed by atoms with van der Waals surface area (Å²) in [6.07, 6.45) is 9.27. The van der Waals surface area contributed by atoms with Crippen molar-refractivity contribution < 1.29 is 0 Å². The molecule has 0 aromatic heterocycles. The van der Waals surface area contributed by atoms with Crippen molar-refractivity contribution in [3.63, 3.8) is 0 Å². The molecule has 0 aliphatic heterocycles. The first kappa shape index (κ1) is 6.60. The van der Waals surface area contributed by atoms with Crippen LogP contribution < -0.4 is 0 Å². The second-order valence-corrected chi connectivity index (χ2v) is 2.90. The summed E-state index contributed by atoms with van der Waals surface area (Å²) in [6, 6.07) is 0. The van der Waals surface area contributed by atoms with Gasteiger partial charge in [0.2, 0.25) is 0 Å². The van der Waals surface area contributed by atoms with Gasteiger partial charge in [0, 0.05) is 0 Å². The molecule has 1 unspecified atom stereocenters. The van der Waals surface area contributed by atoms with Gasteiger partial charge in [-0.15, -0.1) is 0 Å². The quantitative estimate of drug-likeness (QED) is 0.433. The van der Waals surface area contributed by atoms with Gasteiger partial charge in [-0.2, -0.15) is 0 Å². The second-order valence-electron chi connectivity index (χ2n) is 2.90. The van der Waals surface area contributed by atoms with Crippen LogP contribution in [-0.4, -0.2) is 0 Å². The van der Waals surface area contributed by atoms with E-state index in [1.807, 2.05) is 0 Å². The summed E-state index contributed by atoms with van der Waals surface area (Å²) in [5.41, 5.74) is 1.51. The highest BCUT2D eigenvalue weighted by Gasteiger charge is 1.98. The molecule has 0 radical (unpaired) electrons. The summed E-state index contributed by atoms with van der Waals surface area (Å²) in [7, 11) is 0. The number of rotatable bonds is 0. The van der Waals surface area contributed by atoms with Crippen LogP contribution in [0.4, 0.5) is 0 Å². The molecule has 0 fully saturated rings. The molecule has 1 aliphatic carbocycles. The highest BCUT2D eigenvalue weighted by atomic mass is 14.0. The monoisotopic (exact) mass is 122 g/mol. The average molecular weight is 122 g/mol. The molecule has 0 spiro atoms. The maximum absolute atomic E-state index is 2.36. The Labute approximate surface area is 57.3 Å². The van der Waals surface area contributed by atoms with E-state index >= 15 is 0 Å². The number of hydrogen-bond donors (Lipinski definition) is 0. The van der Waals surface area contributed by atoms with Gasteiger partial charge in [0.1, 0.15) is 0 Å². The van der Waals surface area contributed by atoms with Crippen molar-refractivity contribution in [2.75, 3.05) is 0 Å². The van der Waals surface area contributed by atoms with E-state index in [0.29, 0.717) is 0 Å². The van der Waals surface area contributed by atoms with Gasteiger partial charge in [0.05, 0.1) is 0 Å². The molecule has 1 aliphatic rings. The molecule has 0 saturated carbocycles. The van der Waals surface area contributed by atoms with E-state index in [4.69, 9.17) is 0 Å². The van der Waals surface area contributed by atoms with E-state index in [-0.39, 0.29) is 0 Å². The largest absolute Gasteiger partial charge is 0.0876 e. The molecule has 50 valence electrons. The molecule has 1 atom stereocenters. The summed E-state index contributed by atoms with van der Waals surface area (Å²) >= 11 is 0. The van der Waals surface area contributed by atoms with Gasteiger partial charge in [0.15, 0.2) is 0 Å². The normalized spacial score (nSPS) is 27.3. The zero-order valence-corrected chi connectivity index (χ0v) is 6.22. The van der Waals surface area contributed by atoms with Crippen molar-refractivity contribution in [2.24, 2.45) is 5.92 Å². The lowest BCUT2D eigenvalue weighted by molar-refractivity contribution is 0.743. The molecule has 0 nitrogen and oxygen atoms in total. The molecule has 0 saturated heterocycles. The number of allylic oxidation sites excluding steroid dienone is 4. The fourth-order valence-corrected chi connectivity index (χ4v) is 1.20. The van der Waals surface area contributed by atoms with Crippen LogP contribution in [0, 0.1) is 5.92 Å². The van der Waals surface area contributed by atoms with Crippen molar-refractivity contribution in [3.8, 4) is 0 Å². The molecule has 0 N–H and O–H groups in total. The van der Waals surface area contributed by atoms with Crippen molar-refractivity contribution in [1.29, 1.82) is 0 Å². The lowest BCUT2D eigenvalue weighted by Crippen LogP contribution is -1.84. The fourth-order valence-electron chi connectivity index (χ4n) is 1.20. The Kier molecular flexibility index (Phi) is 2.10. The summed E-state index contributed by atoms with van der Waals surface area (Å²) in [4.78, 5) is 0. The Bertz CT molecular complexity index is 140. The Morgan fingerprint density at radius 2 is 2.22 bits per heavy atom. The smallest absolute Gasteiger partial charge is 0.0141 e. The lowest BCUT2D eigenvalue weighted by Gasteiger charge is -1.99. The van der Waals surface area contributed by atoms with Gasteiger partial charge in [-0.05, 0) is 25.7 Å². The Morgan fingerprint density at radius 3 is 3.00 bits per heavy atom. The van der Waals surface area contributed by atoms with Crippen LogP contribution in [0.3, 0.4) is 0 Å². The van der Waals surface area contributed by atoms with E-state index in [1.54, 1.807) is 0 Å². The van der Waals surface area contributed by atoms with Crippen LogP contribution in [0.2, 0.25) is 0 Å². The van der Waals surface area contributed by atoms with Gasteiger partial charge in [-0.25, -0.2) is 0 Å². The predicted molar refractivity (Wildman–Crippen MR) is 41.3 cm³/mol. The molecule has 0 aromatic rings. The van der Waals surface area contributed by atoms with Gasteiger partial charge in [0.25, 0.3) is 0 Å². The minimum absolute atomic E-state index is 0.753. The van der Waals surface area contributed by atoms with Crippen LogP contribution in [0.5, 0.6) is 0 Å². The second kappa shape index (κ2) is 2.86. The van der Waals surface area contributed by atoms with Gasteiger partial charge in [-0.1, -0.05) is 30.7 Å². The molecule has 0 heterocycles. The Balaban J connectivity index is 2.62. The van der Waals surface area contributed by atoms with E-state index in [9.17, 15) is 0 Å². The van der Waals surface area contributed by atoms with E-state index in [1.165, 1.54) is 12.0 Å². The van der Waals surface area contributed by atoms with Crippen LogP contribution >= 0.6 is 0 Å². The molecule has 0 heteroatoms. The zero-order valence-electron chi connectivity index (χ0n) is 6.22. The highest BCUT2D eigenvalue weighted by Crippen LogP contribution is 2.15. The first-order valence-corrected chi connectivity index (χ1v) is 3.61. The zero-order chi connectivity index (χ0) is 6.69. The topological polar surface area (TPSA) is 0 Å². The fraction of sp³-hybridized carbons (Fsp3) is 0.556. The Hall–Kier alpha value is -0.520. The van der Waals surface area contributed by atoms with Crippen LogP contribution in [0.15, 0.2) is 23.8 Å². The summed E-state index contributed by atoms with van der Waals surface area (Å²) in [5.74, 6) is 0.753. The van der Waals surface area contributed by atoms with Crippen molar-refractivity contribution >= 4 is 0 Å².